The summed E-state index contributed by atoms with van der Waals surface area (Å²) in [5.74, 6) is 0.892. The molecule has 0 saturated heterocycles. The lowest BCUT2D eigenvalue weighted by Crippen LogP contribution is -2.27. The van der Waals surface area contributed by atoms with Crippen molar-refractivity contribution in [2.24, 2.45) is 0 Å². The van der Waals surface area contributed by atoms with E-state index in [-0.39, 0.29) is 5.92 Å². The highest BCUT2D eigenvalue weighted by molar-refractivity contribution is 5.79. The molecule has 1 aliphatic rings. The minimum absolute atomic E-state index is 0.0513. The van der Waals surface area contributed by atoms with E-state index in [0.717, 1.165) is 5.75 Å². The van der Waals surface area contributed by atoms with Gasteiger partial charge >= 0.3 is 6.09 Å². The maximum Gasteiger partial charge on any atom is 0.407 e. The van der Waals surface area contributed by atoms with E-state index in [1.165, 1.54) is 22.3 Å². The van der Waals surface area contributed by atoms with E-state index in [2.05, 4.69) is 29.6 Å². The summed E-state index contributed by atoms with van der Waals surface area (Å²) in [6, 6.07) is 26.2. The van der Waals surface area contributed by atoms with Gasteiger partial charge in [0.1, 0.15) is 19.0 Å². The Hall–Kier alpha value is -3.59. The minimum Gasteiger partial charge on any atom is -0.491 e. The summed E-state index contributed by atoms with van der Waals surface area (Å²) in [6.07, 6.45) is 0.273. The largest absolute Gasteiger partial charge is 0.491 e. The van der Waals surface area contributed by atoms with E-state index in [1.807, 2.05) is 54.6 Å². The predicted molar refractivity (Wildman–Crippen MR) is 196 cm³/mol. The highest BCUT2D eigenvalue weighted by atomic mass is 16.6. The second-order valence-corrected chi connectivity index (χ2v) is 11.7. The van der Waals surface area contributed by atoms with Crippen molar-refractivity contribution in [1.29, 1.82) is 0 Å². The normalized spacial score (nSPS) is 12.1. The van der Waals surface area contributed by atoms with Crippen molar-refractivity contribution in [3.05, 3.63) is 90.0 Å². The van der Waals surface area contributed by atoms with E-state index < -0.39 is 6.09 Å². The Morgan fingerprint density at radius 1 is 0.462 bits per heavy atom. The first-order chi connectivity index (χ1) is 25.8. The van der Waals surface area contributed by atoms with Gasteiger partial charge in [0.2, 0.25) is 0 Å². The molecule has 0 aromatic heterocycles. The van der Waals surface area contributed by atoms with Gasteiger partial charge in [0.05, 0.1) is 99.1 Å². The number of hydrogen-bond donors (Lipinski definition) is 1. The molecule has 286 valence electrons. The first-order valence-electron chi connectivity index (χ1n) is 18.2. The molecular weight excluding hydrogens is 670 g/mol. The predicted octanol–water partition coefficient (Wildman–Crippen LogP) is 5.13. The fraction of sp³-hybridized carbons (Fsp3) is 0.525. The van der Waals surface area contributed by atoms with Crippen LogP contribution in [0.1, 0.15) is 23.5 Å². The smallest absolute Gasteiger partial charge is 0.407 e. The second kappa shape index (κ2) is 27.1. The molecule has 3 aromatic rings. The van der Waals surface area contributed by atoms with Crippen LogP contribution in [0.5, 0.6) is 5.75 Å². The lowest BCUT2D eigenvalue weighted by molar-refractivity contribution is -0.0236. The molecule has 12 nitrogen and oxygen atoms in total. The zero-order valence-electron chi connectivity index (χ0n) is 30.2. The van der Waals surface area contributed by atoms with E-state index in [9.17, 15) is 4.79 Å². The molecule has 0 radical (unpaired) electrons. The zero-order valence-corrected chi connectivity index (χ0v) is 30.2. The molecule has 0 bridgehead atoms. The van der Waals surface area contributed by atoms with Gasteiger partial charge in [0.15, 0.2) is 0 Å². The molecule has 0 fully saturated rings. The number of benzene rings is 3. The fourth-order valence-corrected chi connectivity index (χ4v) is 5.39. The molecule has 1 N–H and O–H groups in total. The van der Waals surface area contributed by atoms with Gasteiger partial charge in [-0.05, 0) is 40.8 Å². The molecule has 3 aromatic carbocycles. The molecule has 0 saturated carbocycles. The molecule has 12 heteroatoms. The molecular formula is C40H55NO11. The van der Waals surface area contributed by atoms with Gasteiger partial charge in [-0.2, -0.15) is 0 Å². The van der Waals surface area contributed by atoms with Crippen LogP contribution >= 0.6 is 0 Å². The molecule has 4 rings (SSSR count). The number of carbonyl (C=O) groups is 1. The number of rotatable bonds is 31. The van der Waals surface area contributed by atoms with Crippen LogP contribution in [-0.2, 0) is 42.6 Å². The maximum absolute atomic E-state index is 12.3. The average Bonchev–Trinajstić information content (AvgIpc) is 3.50. The number of fused-ring (bicyclic) bond motifs is 3. The van der Waals surface area contributed by atoms with Crippen LogP contribution in [0.3, 0.4) is 0 Å². The van der Waals surface area contributed by atoms with Crippen LogP contribution < -0.4 is 10.1 Å². The topological polar surface area (TPSA) is 121 Å². The van der Waals surface area contributed by atoms with Crippen LogP contribution in [0.2, 0.25) is 0 Å². The number of nitrogens with one attached hydrogen (secondary N) is 1. The van der Waals surface area contributed by atoms with Crippen molar-refractivity contribution < 1.29 is 52.2 Å². The van der Waals surface area contributed by atoms with Gasteiger partial charge < -0.3 is 52.7 Å². The van der Waals surface area contributed by atoms with E-state index in [0.29, 0.717) is 132 Å². The minimum atomic E-state index is -0.413. The summed E-state index contributed by atoms with van der Waals surface area (Å²) in [5.41, 5.74) is 4.81. The maximum atomic E-state index is 12.3. The van der Waals surface area contributed by atoms with Crippen molar-refractivity contribution in [2.45, 2.75) is 12.3 Å². The third kappa shape index (κ3) is 16.8. The van der Waals surface area contributed by atoms with E-state index in [4.69, 9.17) is 47.4 Å². The third-order valence-corrected chi connectivity index (χ3v) is 7.92. The Morgan fingerprint density at radius 3 is 1.31 bits per heavy atom. The molecule has 0 atom stereocenters. The monoisotopic (exact) mass is 725 g/mol. The van der Waals surface area contributed by atoms with Crippen LogP contribution in [0.25, 0.3) is 11.1 Å². The van der Waals surface area contributed by atoms with Gasteiger partial charge in [-0.3, -0.25) is 0 Å². The average molecular weight is 726 g/mol. The number of alkyl carbamates (subject to hydrolysis) is 1. The second-order valence-electron chi connectivity index (χ2n) is 11.7. The van der Waals surface area contributed by atoms with Gasteiger partial charge in [0, 0.05) is 19.1 Å². The van der Waals surface area contributed by atoms with Crippen LogP contribution in [0.15, 0.2) is 78.9 Å². The Labute approximate surface area is 307 Å². The molecule has 1 aliphatic carbocycles. The number of ether oxygens (including phenoxy) is 10. The Morgan fingerprint density at radius 2 is 0.846 bits per heavy atom. The Balaban J connectivity index is 0.804. The number of amides is 1. The zero-order chi connectivity index (χ0) is 36.2. The fourth-order valence-electron chi connectivity index (χ4n) is 5.39. The Bertz CT molecular complexity index is 1300. The SMILES string of the molecule is O=C(NCCCOCCOCCOCCOCCOCCOCCOCCOCCOc1ccccc1)OCC1c2ccccc2-c2ccccc21. The quantitative estimate of drug-likeness (QED) is 0.0890. The van der Waals surface area contributed by atoms with Crippen molar-refractivity contribution in [2.75, 3.05) is 125 Å². The molecule has 0 unspecified atom stereocenters. The van der Waals surface area contributed by atoms with Crippen LogP contribution in [0, 0.1) is 0 Å². The highest BCUT2D eigenvalue weighted by Gasteiger charge is 2.28. The van der Waals surface area contributed by atoms with Crippen molar-refractivity contribution in [1.82, 2.24) is 5.32 Å². The standard InChI is InChI=1S/C40H55NO11/c42-40(52-33-39-37-13-6-4-11-35(37)36-12-5-7-14-38(36)39)41-15-8-16-43-17-18-44-19-20-45-21-22-46-23-24-47-25-26-48-27-28-49-29-30-50-31-32-51-34-9-2-1-3-10-34/h1-7,9-14,39H,8,15-33H2,(H,41,42). The number of carbonyl (C=O) groups excluding carboxylic acids is 1. The van der Waals surface area contributed by atoms with Gasteiger partial charge in [-0.25, -0.2) is 4.79 Å². The lowest BCUT2D eigenvalue weighted by Gasteiger charge is -2.14. The summed E-state index contributed by atoms with van der Waals surface area (Å²) < 4.78 is 55.2. The van der Waals surface area contributed by atoms with Gasteiger partial charge in [-0.1, -0.05) is 66.7 Å². The molecule has 1 amide bonds. The summed E-state index contributed by atoms with van der Waals surface area (Å²) in [6.45, 7) is 9.33. The number of para-hydroxylation sites is 1. The number of hydrogen-bond acceptors (Lipinski definition) is 11. The summed E-state index contributed by atoms with van der Waals surface area (Å²) >= 11 is 0. The molecule has 0 heterocycles. The van der Waals surface area contributed by atoms with Crippen molar-refractivity contribution in [3.63, 3.8) is 0 Å². The summed E-state index contributed by atoms with van der Waals surface area (Å²) in [5, 5.41) is 2.81. The summed E-state index contributed by atoms with van der Waals surface area (Å²) in [7, 11) is 0. The lowest BCUT2D eigenvalue weighted by atomic mass is 9.98. The van der Waals surface area contributed by atoms with Gasteiger partial charge in [0.25, 0.3) is 0 Å². The van der Waals surface area contributed by atoms with Gasteiger partial charge in [-0.15, -0.1) is 0 Å². The molecule has 52 heavy (non-hydrogen) atoms. The molecule has 0 aliphatic heterocycles. The van der Waals surface area contributed by atoms with E-state index in [1.54, 1.807) is 0 Å². The third-order valence-electron chi connectivity index (χ3n) is 7.92. The van der Waals surface area contributed by atoms with Crippen LogP contribution in [-0.4, -0.2) is 132 Å². The van der Waals surface area contributed by atoms with E-state index >= 15 is 0 Å². The van der Waals surface area contributed by atoms with Crippen LogP contribution in [0.4, 0.5) is 4.79 Å². The highest BCUT2D eigenvalue weighted by Crippen LogP contribution is 2.44. The van der Waals surface area contributed by atoms with Crippen molar-refractivity contribution >= 4 is 6.09 Å². The summed E-state index contributed by atoms with van der Waals surface area (Å²) in [4.78, 5) is 12.3. The Kier molecular flexibility index (Phi) is 21.4. The first kappa shape index (κ1) is 41.2. The van der Waals surface area contributed by atoms with Crippen molar-refractivity contribution in [3.8, 4) is 16.9 Å². The first-order valence-corrected chi connectivity index (χ1v) is 18.2. The molecule has 0 spiro atoms.